The van der Waals surface area contributed by atoms with Crippen molar-refractivity contribution >= 4 is 5.84 Å². The Kier molecular flexibility index (Phi) is 3.32. The van der Waals surface area contributed by atoms with Crippen LogP contribution in [0.4, 0.5) is 0 Å². The molecule has 0 aliphatic carbocycles. The Hall–Kier alpha value is -2.30. The fraction of sp³-hybridized carbons (Fsp3) is 0.231. The van der Waals surface area contributed by atoms with E-state index in [4.69, 9.17) is 15.9 Å². The van der Waals surface area contributed by atoms with Crippen LogP contribution in [0.15, 0.2) is 30.6 Å². The molecule has 0 spiro atoms. The zero-order valence-corrected chi connectivity index (χ0v) is 10.5. The van der Waals surface area contributed by atoms with Crippen LogP contribution in [0, 0.1) is 12.3 Å². The first-order valence-electron chi connectivity index (χ1n) is 5.61. The minimum absolute atomic E-state index is 0.0102. The van der Waals surface area contributed by atoms with Crippen LogP contribution in [0.3, 0.4) is 0 Å². The molecule has 0 fully saturated rings. The molecule has 0 amide bonds. The van der Waals surface area contributed by atoms with E-state index in [0.717, 1.165) is 11.4 Å². The van der Waals surface area contributed by atoms with Crippen LogP contribution in [-0.4, -0.2) is 22.5 Å². The number of imidazole rings is 1. The molecular formula is C13H16N4O. The van der Waals surface area contributed by atoms with Crippen LogP contribution in [0.25, 0.3) is 0 Å². The standard InChI is InChI=1S/C13H16N4O/c1-9-16-5-6-17(9)8-10-3-4-12(18-2)11(7-10)13(14)15/h3-7H,8H2,1-2H3,(H3,14,15). The molecule has 0 aliphatic heterocycles. The van der Waals surface area contributed by atoms with E-state index in [0.29, 0.717) is 17.9 Å². The lowest BCUT2D eigenvalue weighted by atomic mass is 10.1. The summed E-state index contributed by atoms with van der Waals surface area (Å²) in [6.07, 6.45) is 3.69. The normalized spacial score (nSPS) is 10.3. The summed E-state index contributed by atoms with van der Waals surface area (Å²) >= 11 is 0. The minimum atomic E-state index is 0.0102. The van der Waals surface area contributed by atoms with Crippen LogP contribution in [-0.2, 0) is 6.54 Å². The van der Waals surface area contributed by atoms with Crippen molar-refractivity contribution < 1.29 is 4.74 Å². The third-order valence-corrected chi connectivity index (χ3v) is 2.83. The van der Waals surface area contributed by atoms with Crippen LogP contribution in [0.2, 0.25) is 0 Å². The summed E-state index contributed by atoms with van der Waals surface area (Å²) in [7, 11) is 1.57. The van der Waals surface area contributed by atoms with Gasteiger partial charge in [-0.3, -0.25) is 5.41 Å². The highest BCUT2D eigenvalue weighted by atomic mass is 16.5. The van der Waals surface area contributed by atoms with Gasteiger partial charge in [0.25, 0.3) is 0 Å². The van der Waals surface area contributed by atoms with Crippen molar-refractivity contribution in [1.82, 2.24) is 9.55 Å². The lowest BCUT2D eigenvalue weighted by molar-refractivity contribution is 0.413. The molecule has 0 aliphatic rings. The zero-order chi connectivity index (χ0) is 13.1. The number of methoxy groups -OCH3 is 1. The molecule has 0 atom stereocenters. The molecule has 5 nitrogen and oxygen atoms in total. The summed E-state index contributed by atoms with van der Waals surface area (Å²) in [4.78, 5) is 4.18. The number of benzene rings is 1. The van der Waals surface area contributed by atoms with Crippen LogP contribution < -0.4 is 10.5 Å². The number of aromatic nitrogens is 2. The maximum Gasteiger partial charge on any atom is 0.129 e. The van der Waals surface area contributed by atoms with E-state index < -0.39 is 0 Å². The summed E-state index contributed by atoms with van der Waals surface area (Å²) in [6, 6.07) is 5.67. The molecule has 2 rings (SSSR count). The van der Waals surface area contributed by atoms with Crippen molar-refractivity contribution in [3.63, 3.8) is 0 Å². The molecule has 2 aromatic rings. The van der Waals surface area contributed by atoms with E-state index >= 15 is 0 Å². The third kappa shape index (κ3) is 2.34. The van der Waals surface area contributed by atoms with Gasteiger partial charge in [0.15, 0.2) is 0 Å². The van der Waals surface area contributed by atoms with Crippen molar-refractivity contribution in [2.24, 2.45) is 5.73 Å². The van der Waals surface area contributed by atoms with Gasteiger partial charge in [-0.1, -0.05) is 6.07 Å². The van der Waals surface area contributed by atoms with Gasteiger partial charge >= 0.3 is 0 Å². The molecule has 94 valence electrons. The molecule has 1 aromatic carbocycles. The Morgan fingerprint density at radius 3 is 2.83 bits per heavy atom. The number of nitrogens with one attached hydrogen (secondary N) is 1. The summed E-state index contributed by atoms with van der Waals surface area (Å²) in [5.41, 5.74) is 7.22. The number of ether oxygens (including phenoxy) is 1. The monoisotopic (exact) mass is 244 g/mol. The molecule has 0 unspecified atom stereocenters. The first-order valence-corrected chi connectivity index (χ1v) is 5.61. The molecule has 18 heavy (non-hydrogen) atoms. The summed E-state index contributed by atoms with van der Waals surface area (Å²) in [6.45, 7) is 2.66. The van der Waals surface area contributed by atoms with Gasteiger partial charge in [-0.15, -0.1) is 0 Å². The molecule has 3 N–H and O–H groups in total. The van der Waals surface area contributed by atoms with E-state index in [1.165, 1.54) is 0 Å². The zero-order valence-electron chi connectivity index (χ0n) is 10.5. The van der Waals surface area contributed by atoms with E-state index in [2.05, 4.69) is 4.98 Å². The van der Waals surface area contributed by atoms with Gasteiger partial charge in [0.2, 0.25) is 0 Å². The highest BCUT2D eigenvalue weighted by molar-refractivity contribution is 5.97. The Morgan fingerprint density at radius 1 is 1.50 bits per heavy atom. The number of nitrogens with zero attached hydrogens (tertiary/aromatic N) is 2. The molecule has 0 radical (unpaired) electrons. The van der Waals surface area contributed by atoms with Gasteiger partial charge in [-0.2, -0.15) is 0 Å². The lowest BCUT2D eigenvalue weighted by Crippen LogP contribution is -2.13. The molecule has 0 saturated heterocycles. The quantitative estimate of drug-likeness (QED) is 0.632. The highest BCUT2D eigenvalue weighted by Crippen LogP contribution is 2.20. The molecule has 0 bridgehead atoms. The maximum absolute atomic E-state index is 7.55. The Labute approximate surface area is 106 Å². The minimum Gasteiger partial charge on any atom is -0.496 e. The van der Waals surface area contributed by atoms with Gasteiger partial charge in [-0.05, 0) is 24.6 Å². The SMILES string of the molecule is COc1ccc(Cn2ccnc2C)cc1C(=N)N. The number of aryl methyl sites for hydroxylation is 1. The predicted molar refractivity (Wildman–Crippen MR) is 70.1 cm³/mol. The van der Waals surface area contributed by atoms with Gasteiger partial charge in [0.1, 0.15) is 17.4 Å². The Morgan fingerprint density at radius 2 is 2.28 bits per heavy atom. The highest BCUT2D eigenvalue weighted by Gasteiger charge is 2.08. The second kappa shape index (κ2) is 4.91. The molecule has 0 saturated carbocycles. The van der Waals surface area contributed by atoms with Crippen LogP contribution in [0.1, 0.15) is 17.0 Å². The van der Waals surface area contributed by atoms with E-state index in [1.807, 2.05) is 35.9 Å². The summed E-state index contributed by atoms with van der Waals surface area (Å²) in [5, 5.41) is 7.55. The number of nitrogen functional groups attached to an aromatic ring is 1. The maximum atomic E-state index is 7.55. The van der Waals surface area contributed by atoms with Gasteiger partial charge in [-0.25, -0.2) is 4.98 Å². The Balaban J connectivity index is 2.33. The van der Waals surface area contributed by atoms with Crippen molar-refractivity contribution in [2.75, 3.05) is 7.11 Å². The van der Waals surface area contributed by atoms with Crippen molar-refractivity contribution in [3.8, 4) is 5.75 Å². The molecular weight excluding hydrogens is 228 g/mol. The number of nitrogens with two attached hydrogens (primary N) is 1. The topological polar surface area (TPSA) is 76.9 Å². The van der Waals surface area contributed by atoms with Crippen molar-refractivity contribution in [2.45, 2.75) is 13.5 Å². The summed E-state index contributed by atoms with van der Waals surface area (Å²) < 4.78 is 7.21. The number of hydrogen-bond acceptors (Lipinski definition) is 3. The second-order valence-electron chi connectivity index (χ2n) is 4.05. The first-order chi connectivity index (χ1) is 8.61. The van der Waals surface area contributed by atoms with Crippen LogP contribution in [0.5, 0.6) is 5.75 Å². The van der Waals surface area contributed by atoms with E-state index in [9.17, 15) is 0 Å². The van der Waals surface area contributed by atoms with E-state index in [1.54, 1.807) is 13.3 Å². The number of amidine groups is 1. The average molecular weight is 244 g/mol. The van der Waals surface area contributed by atoms with E-state index in [-0.39, 0.29) is 5.84 Å². The van der Waals surface area contributed by atoms with Crippen molar-refractivity contribution in [3.05, 3.63) is 47.5 Å². The third-order valence-electron chi connectivity index (χ3n) is 2.83. The van der Waals surface area contributed by atoms with Crippen molar-refractivity contribution in [1.29, 1.82) is 5.41 Å². The first kappa shape index (κ1) is 12.2. The second-order valence-corrected chi connectivity index (χ2v) is 4.05. The molecule has 5 heteroatoms. The van der Waals surface area contributed by atoms with Gasteiger partial charge in [0.05, 0.1) is 12.7 Å². The largest absolute Gasteiger partial charge is 0.496 e. The molecule has 1 aromatic heterocycles. The van der Waals surface area contributed by atoms with Gasteiger partial charge in [0, 0.05) is 18.9 Å². The van der Waals surface area contributed by atoms with Gasteiger partial charge < -0.3 is 15.0 Å². The number of rotatable bonds is 4. The fourth-order valence-electron chi connectivity index (χ4n) is 1.83. The summed E-state index contributed by atoms with van der Waals surface area (Å²) in [5.74, 6) is 1.58. The fourth-order valence-corrected chi connectivity index (χ4v) is 1.83. The Bertz CT molecular complexity index is 574. The number of hydrogen-bond donors (Lipinski definition) is 2. The average Bonchev–Trinajstić information content (AvgIpc) is 2.75. The predicted octanol–water partition coefficient (Wildman–Crippen LogP) is 1.53. The van der Waals surface area contributed by atoms with Crippen LogP contribution >= 0.6 is 0 Å². The molecule has 1 heterocycles. The lowest BCUT2D eigenvalue weighted by Gasteiger charge is -2.10. The smallest absolute Gasteiger partial charge is 0.129 e.